The number of carbonyl (C=O) groups excluding carboxylic acids is 2. The number of carboxylic acids is 2. The van der Waals surface area contributed by atoms with Crippen molar-refractivity contribution in [1.29, 1.82) is 0 Å². The molecule has 22 heavy (non-hydrogen) atoms. The molecule has 0 heterocycles. The summed E-state index contributed by atoms with van der Waals surface area (Å²) in [6.45, 7) is 0. The average Bonchev–Trinajstić information content (AvgIpc) is 2.43. The highest BCUT2D eigenvalue weighted by Crippen LogP contribution is 2.17. The average molecular weight is 298 g/mol. The van der Waals surface area contributed by atoms with Crippen molar-refractivity contribution in [1.82, 2.24) is 0 Å². The minimum absolute atomic E-state index is 0.00762. The van der Waals surface area contributed by atoms with Crippen LogP contribution in [-0.4, -0.2) is 33.7 Å². The molecule has 6 nitrogen and oxygen atoms in total. The summed E-state index contributed by atoms with van der Waals surface area (Å²) in [5.41, 5.74) is -0.139. The third-order valence-corrected chi connectivity index (χ3v) is 3.73. The smallest absolute Gasteiger partial charge is 0.340 e. The van der Waals surface area contributed by atoms with E-state index < -0.39 is 28.9 Å². The van der Waals surface area contributed by atoms with Gasteiger partial charge in [0, 0.05) is 18.1 Å². The lowest BCUT2D eigenvalue weighted by molar-refractivity contribution is -0.134. The normalized spacial score (nSPS) is 16.4. The number of carboxylic acid groups (broad SMARTS) is 2. The van der Waals surface area contributed by atoms with Crippen LogP contribution in [0.2, 0.25) is 0 Å². The Morgan fingerprint density at radius 3 is 2.41 bits per heavy atom. The molecule has 1 aromatic carbocycles. The largest absolute Gasteiger partial charge is 0.478 e. The molecule has 0 fully saturated rings. The van der Waals surface area contributed by atoms with Gasteiger partial charge in [0.15, 0.2) is 0 Å². The monoisotopic (exact) mass is 298 g/mol. The van der Waals surface area contributed by atoms with Crippen LogP contribution in [0.15, 0.2) is 17.7 Å². The van der Waals surface area contributed by atoms with Crippen LogP contribution in [0.25, 0.3) is 17.7 Å². The molecule has 2 N–H and O–H groups in total. The molecule has 0 aliphatic heterocycles. The van der Waals surface area contributed by atoms with Gasteiger partial charge < -0.3 is 10.2 Å². The maximum atomic E-state index is 12.1. The van der Waals surface area contributed by atoms with Crippen molar-refractivity contribution in [2.45, 2.75) is 12.8 Å². The van der Waals surface area contributed by atoms with Crippen molar-refractivity contribution >= 4 is 41.2 Å². The fourth-order valence-corrected chi connectivity index (χ4v) is 2.72. The molecular weight excluding hydrogens is 288 g/mol. The molecule has 0 spiro atoms. The predicted molar refractivity (Wildman–Crippen MR) is 75.1 cm³/mol. The lowest BCUT2D eigenvalue weighted by atomic mass is 9.88. The van der Waals surface area contributed by atoms with Crippen molar-refractivity contribution in [2.24, 2.45) is 0 Å². The van der Waals surface area contributed by atoms with Crippen molar-refractivity contribution in [3.05, 3.63) is 39.3 Å². The van der Waals surface area contributed by atoms with Gasteiger partial charge in [-0.25, -0.2) is 9.59 Å². The highest BCUT2D eigenvalue weighted by Gasteiger charge is 2.30. The van der Waals surface area contributed by atoms with Gasteiger partial charge in [0.2, 0.25) is 5.78 Å². The van der Waals surface area contributed by atoms with Crippen LogP contribution in [0.1, 0.15) is 17.5 Å². The summed E-state index contributed by atoms with van der Waals surface area (Å²) in [6.07, 6.45) is 3.36. The van der Waals surface area contributed by atoms with Crippen LogP contribution in [0.5, 0.6) is 0 Å². The molecule has 3 rings (SSSR count). The fourth-order valence-electron chi connectivity index (χ4n) is 2.72. The Kier molecular flexibility index (Phi) is 3.02. The van der Waals surface area contributed by atoms with Gasteiger partial charge >= 0.3 is 11.9 Å². The second kappa shape index (κ2) is 4.77. The zero-order valence-corrected chi connectivity index (χ0v) is 11.3. The minimum Gasteiger partial charge on any atom is -0.478 e. The first-order chi connectivity index (χ1) is 10.4. The Labute approximate surface area is 123 Å². The van der Waals surface area contributed by atoms with E-state index in [0.717, 1.165) is 5.22 Å². The maximum Gasteiger partial charge on any atom is 0.340 e. The van der Waals surface area contributed by atoms with E-state index in [1.807, 2.05) is 0 Å². The number of fused-ring (bicyclic) bond motifs is 2. The van der Waals surface area contributed by atoms with Gasteiger partial charge in [0.05, 0.1) is 0 Å². The Hall–Kier alpha value is -3.02. The second-order valence-corrected chi connectivity index (χ2v) is 5.13. The number of aliphatic carboxylic acids is 2. The van der Waals surface area contributed by atoms with Gasteiger partial charge in [-0.05, 0) is 34.6 Å². The van der Waals surface area contributed by atoms with Gasteiger partial charge in [0.25, 0.3) is 0 Å². The Bertz CT molecular complexity index is 917. The highest BCUT2D eigenvalue weighted by molar-refractivity contribution is 6.49. The van der Waals surface area contributed by atoms with E-state index in [0.29, 0.717) is 11.1 Å². The van der Waals surface area contributed by atoms with Crippen LogP contribution >= 0.6 is 0 Å². The number of carbonyl (C=O) groups is 4. The van der Waals surface area contributed by atoms with Gasteiger partial charge in [-0.3, -0.25) is 9.59 Å². The topological polar surface area (TPSA) is 109 Å². The molecule has 0 atom stereocenters. The lowest BCUT2D eigenvalue weighted by Crippen LogP contribution is -2.33. The zero-order chi connectivity index (χ0) is 16.0. The Morgan fingerprint density at radius 2 is 1.77 bits per heavy atom. The third-order valence-electron chi connectivity index (χ3n) is 3.73. The summed E-state index contributed by atoms with van der Waals surface area (Å²) >= 11 is 0. The molecule has 0 bridgehead atoms. The summed E-state index contributed by atoms with van der Waals surface area (Å²) in [4.78, 5) is 46.1. The fraction of sp³-hybridized carbons (Fsp3) is 0.125. The SMILES string of the molecule is O=C1CC=c2cc3c(cc2C1)=C(C(=O)O)C(=O)C(C(=O)O)=C3. The highest BCUT2D eigenvalue weighted by atomic mass is 16.4. The summed E-state index contributed by atoms with van der Waals surface area (Å²) in [5.74, 6) is -3.97. The van der Waals surface area contributed by atoms with E-state index in [4.69, 9.17) is 5.11 Å². The van der Waals surface area contributed by atoms with E-state index in [2.05, 4.69) is 0 Å². The van der Waals surface area contributed by atoms with Crippen LogP contribution in [-0.2, 0) is 25.6 Å². The molecule has 1 aromatic rings. The van der Waals surface area contributed by atoms with Gasteiger partial charge in [-0.1, -0.05) is 6.08 Å². The first-order valence-electron chi connectivity index (χ1n) is 6.50. The van der Waals surface area contributed by atoms with E-state index in [1.54, 1.807) is 12.1 Å². The number of rotatable bonds is 2. The standard InChI is InChI=1S/C16H10O6/c17-10-2-1-7-3-9-6-12(15(19)20)14(18)13(16(21)22)11(9)5-8(7)4-10/h1,3,5-6H,2,4H2,(H,19,20)(H,21,22). The zero-order valence-electron chi connectivity index (χ0n) is 11.3. The molecule has 0 unspecified atom stereocenters. The molecule has 0 saturated heterocycles. The van der Waals surface area contributed by atoms with Gasteiger partial charge in [-0.15, -0.1) is 0 Å². The summed E-state index contributed by atoms with van der Waals surface area (Å²) in [7, 11) is 0. The summed E-state index contributed by atoms with van der Waals surface area (Å²) in [5, 5.41) is 19.2. The predicted octanol–water partition coefficient (Wildman–Crippen LogP) is -0.732. The van der Waals surface area contributed by atoms with Gasteiger partial charge in [-0.2, -0.15) is 0 Å². The van der Waals surface area contributed by atoms with E-state index >= 15 is 0 Å². The van der Waals surface area contributed by atoms with Crippen molar-refractivity contribution in [3.8, 4) is 0 Å². The van der Waals surface area contributed by atoms with E-state index in [9.17, 15) is 24.3 Å². The molecule has 0 amide bonds. The van der Waals surface area contributed by atoms with E-state index in [1.165, 1.54) is 12.1 Å². The van der Waals surface area contributed by atoms with Crippen LogP contribution in [0, 0.1) is 0 Å². The van der Waals surface area contributed by atoms with Crippen LogP contribution < -0.4 is 10.4 Å². The molecule has 2 aliphatic carbocycles. The Balaban J connectivity index is 2.40. The second-order valence-electron chi connectivity index (χ2n) is 5.13. The number of hydrogen-bond donors (Lipinski definition) is 2. The molecule has 0 radical (unpaired) electrons. The third kappa shape index (κ3) is 2.05. The lowest BCUT2D eigenvalue weighted by Gasteiger charge is -2.14. The first kappa shape index (κ1) is 13.9. The summed E-state index contributed by atoms with van der Waals surface area (Å²) in [6, 6.07) is 3.12. The molecule has 110 valence electrons. The van der Waals surface area contributed by atoms with Crippen molar-refractivity contribution < 1.29 is 29.4 Å². The summed E-state index contributed by atoms with van der Waals surface area (Å²) < 4.78 is 0. The minimum atomic E-state index is -1.48. The number of hydrogen-bond acceptors (Lipinski definition) is 4. The first-order valence-corrected chi connectivity index (χ1v) is 6.50. The number of Topliss-reactive ketones (excluding diaryl/α,β-unsaturated/α-hetero) is 2. The molecule has 0 aromatic heterocycles. The van der Waals surface area contributed by atoms with Crippen molar-refractivity contribution in [3.63, 3.8) is 0 Å². The van der Waals surface area contributed by atoms with Crippen molar-refractivity contribution in [2.75, 3.05) is 0 Å². The maximum absolute atomic E-state index is 12.1. The number of ketones is 2. The van der Waals surface area contributed by atoms with Gasteiger partial charge in [0.1, 0.15) is 16.9 Å². The molecule has 0 saturated carbocycles. The molecule has 2 aliphatic rings. The molecular formula is C16H10O6. The quantitative estimate of drug-likeness (QED) is 0.697. The molecule has 6 heteroatoms. The number of benzene rings is 1. The van der Waals surface area contributed by atoms with Crippen LogP contribution in [0.4, 0.5) is 0 Å². The van der Waals surface area contributed by atoms with E-state index in [-0.39, 0.29) is 23.8 Å². The van der Waals surface area contributed by atoms with Crippen LogP contribution in [0.3, 0.4) is 0 Å². The Morgan fingerprint density at radius 1 is 1.05 bits per heavy atom.